The molecule has 0 aromatic heterocycles. The zero-order valence-corrected chi connectivity index (χ0v) is 11.4. The Kier molecular flexibility index (Phi) is 4.92. The van der Waals surface area contributed by atoms with Crippen LogP contribution in [0.2, 0.25) is 0 Å². The molecule has 1 aromatic rings. The molecule has 0 radical (unpaired) electrons. The lowest BCUT2D eigenvalue weighted by molar-refractivity contribution is -0.143. The number of rotatable bonds is 6. The average molecular weight is 265 g/mol. The van der Waals surface area contributed by atoms with Crippen LogP contribution in [0.4, 0.5) is 0 Å². The normalized spacial score (nSPS) is 13.4. The monoisotopic (exact) mass is 265 g/mol. The lowest BCUT2D eigenvalue weighted by atomic mass is 9.98. The van der Waals surface area contributed by atoms with E-state index < -0.39 is 17.4 Å². The first-order valence-electron chi connectivity index (χ1n) is 6.21. The van der Waals surface area contributed by atoms with Gasteiger partial charge in [0.2, 0.25) is 0 Å². The van der Waals surface area contributed by atoms with Crippen LogP contribution in [0.1, 0.15) is 37.6 Å². The number of carbonyl (C=O) groups excluding carboxylic acids is 1. The van der Waals surface area contributed by atoms with Crippen molar-refractivity contribution >= 4 is 11.9 Å². The molecule has 1 rings (SSSR count). The minimum atomic E-state index is -1.27. The minimum Gasteiger partial charge on any atom is -0.494 e. The van der Waals surface area contributed by atoms with Gasteiger partial charge in [0.25, 0.3) is 5.91 Å². The maximum absolute atomic E-state index is 12.1. The van der Waals surface area contributed by atoms with Crippen molar-refractivity contribution in [1.29, 1.82) is 0 Å². The van der Waals surface area contributed by atoms with Gasteiger partial charge in [-0.3, -0.25) is 4.79 Å². The Balaban J connectivity index is 2.89. The molecule has 104 valence electrons. The van der Waals surface area contributed by atoms with E-state index in [0.29, 0.717) is 24.3 Å². The number of hydrogen-bond donors (Lipinski definition) is 2. The first kappa shape index (κ1) is 15.0. The van der Waals surface area contributed by atoms with E-state index in [9.17, 15) is 9.59 Å². The van der Waals surface area contributed by atoms with Crippen molar-refractivity contribution in [1.82, 2.24) is 5.32 Å². The number of benzene rings is 1. The van der Waals surface area contributed by atoms with Gasteiger partial charge in [-0.25, -0.2) is 4.79 Å². The van der Waals surface area contributed by atoms with Gasteiger partial charge in [-0.2, -0.15) is 0 Å². The highest BCUT2D eigenvalue weighted by molar-refractivity contribution is 5.98. The Morgan fingerprint density at radius 3 is 2.58 bits per heavy atom. The molecule has 5 nitrogen and oxygen atoms in total. The molecule has 0 bridgehead atoms. The van der Waals surface area contributed by atoms with Crippen LogP contribution in [0.5, 0.6) is 5.75 Å². The number of carboxylic acids is 1. The van der Waals surface area contributed by atoms with Gasteiger partial charge in [0.1, 0.15) is 11.3 Å². The third-order valence-electron chi connectivity index (χ3n) is 2.98. The second-order valence-electron chi connectivity index (χ2n) is 4.41. The van der Waals surface area contributed by atoms with E-state index in [1.807, 2.05) is 6.92 Å². The smallest absolute Gasteiger partial charge is 0.329 e. The van der Waals surface area contributed by atoms with Gasteiger partial charge in [0.05, 0.1) is 6.61 Å². The second kappa shape index (κ2) is 6.22. The van der Waals surface area contributed by atoms with Crippen molar-refractivity contribution in [3.63, 3.8) is 0 Å². The maximum atomic E-state index is 12.1. The van der Waals surface area contributed by atoms with Gasteiger partial charge in [-0.15, -0.1) is 0 Å². The summed E-state index contributed by atoms with van der Waals surface area (Å²) in [5.74, 6) is -0.888. The molecule has 0 aliphatic rings. The molecular weight excluding hydrogens is 246 g/mol. The predicted octanol–water partition coefficient (Wildman–Crippen LogP) is 2.07. The molecule has 0 fully saturated rings. The Labute approximate surface area is 112 Å². The molecule has 1 atom stereocenters. The number of carbonyl (C=O) groups is 2. The fraction of sp³-hybridized carbons (Fsp3) is 0.429. The summed E-state index contributed by atoms with van der Waals surface area (Å²) in [4.78, 5) is 23.2. The molecule has 0 saturated heterocycles. The van der Waals surface area contributed by atoms with E-state index in [0.717, 1.165) is 0 Å². The highest BCUT2D eigenvalue weighted by Crippen LogP contribution is 2.15. The van der Waals surface area contributed by atoms with Gasteiger partial charge in [0.15, 0.2) is 0 Å². The zero-order chi connectivity index (χ0) is 14.5. The summed E-state index contributed by atoms with van der Waals surface area (Å²) in [6.45, 7) is 5.56. The molecular formula is C14H19NO4. The van der Waals surface area contributed by atoms with Crippen molar-refractivity contribution in [3.05, 3.63) is 29.8 Å². The largest absolute Gasteiger partial charge is 0.494 e. The molecule has 0 spiro atoms. The fourth-order valence-corrected chi connectivity index (χ4v) is 1.51. The summed E-state index contributed by atoms with van der Waals surface area (Å²) < 4.78 is 5.30. The number of nitrogens with one attached hydrogen (secondary N) is 1. The van der Waals surface area contributed by atoms with Crippen LogP contribution < -0.4 is 10.1 Å². The molecule has 19 heavy (non-hydrogen) atoms. The van der Waals surface area contributed by atoms with E-state index in [4.69, 9.17) is 9.84 Å². The molecule has 0 aliphatic carbocycles. The summed E-state index contributed by atoms with van der Waals surface area (Å²) in [7, 11) is 0. The number of carboxylic acid groups (broad SMARTS) is 1. The van der Waals surface area contributed by atoms with E-state index in [-0.39, 0.29) is 0 Å². The van der Waals surface area contributed by atoms with Crippen molar-refractivity contribution in [2.45, 2.75) is 32.7 Å². The van der Waals surface area contributed by atoms with Crippen LogP contribution in [-0.4, -0.2) is 29.1 Å². The summed E-state index contributed by atoms with van der Waals surface area (Å²) in [5.41, 5.74) is -0.884. The molecule has 0 aliphatic heterocycles. The fourth-order valence-electron chi connectivity index (χ4n) is 1.51. The SMILES string of the molecule is CCOc1cccc(C(=O)NC(C)(CC)C(=O)O)c1. The molecule has 2 N–H and O–H groups in total. The highest BCUT2D eigenvalue weighted by Gasteiger charge is 2.33. The molecule has 0 saturated carbocycles. The first-order chi connectivity index (χ1) is 8.92. The van der Waals surface area contributed by atoms with Gasteiger partial charge >= 0.3 is 5.97 Å². The second-order valence-corrected chi connectivity index (χ2v) is 4.41. The van der Waals surface area contributed by atoms with Gasteiger partial charge < -0.3 is 15.2 Å². The molecule has 1 unspecified atom stereocenters. The summed E-state index contributed by atoms with van der Waals surface area (Å²) in [5, 5.41) is 11.7. The Hall–Kier alpha value is -2.04. The Bertz CT molecular complexity index is 472. The van der Waals surface area contributed by atoms with Crippen LogP contribution in [0.15, 0.2) is 24.3 Å². The van der Waals surface area contributed by atoms with E-state index >= 15 is 0 Å². The van der Waals surface area contributed by atoms with Crippen LogP contribution >= 0.6 is 0 Å². The predicted molar refractivity (Wildman–Crippen MR) is 71.4 cm³/mol. The average Bonchev–Trinajstić information content (AvgIpc) is 2.39. The van der Waals surface area contributed by atoms with Crippen molar-refractivity contribution in [3.8, 4) is 5.75 Å². The van der Waals surface area contributed by atoms with Crippen LogP contribution in [0.3, 0.4) is 0 Å². The van der Waals surface area contributed by atoms with Gasteiger partial charge in [-0.05, 0) is 38.5 Å². The topological polar surface area (TPSA) is 75.6 Å². The van der Waals surface area contributed by atoms with E-state index in [2.05, 4.69) is 5.32 Å². The van der Waals surface area contributed by atoms with Gasteiger partial charge in [0, 0.05) is 5.56 Å². The summed E-state index contributed by atoms with van der Waals surface area (Å²) >= 11 is 0. The maximum Gasteiger partial charge on any atom is 0.329 e. The highest BCUT2D eigenvalue weighted by atomic mass is 16.5. The van der Waals surface area contributed by atoms with Crippen LogP contribution in [0, 0.1) is 0 Å². The Morgan fingerprint density at radius 2 is 2.05 bits per heavy atom. The third-order valence-corrected chi connectivity index (χ3v) is 2.98. The van der Waals surface area contributed by atoms with Crippen molar-refractivity contribution in [2.24, 2.45) is 0 Å². The summed E-state index contributed by atoms with van der Waals surface area (Å²) in [6, 6.07) is 6.66. The minimum absolute atomic E-state index is 0.305. The zero-order valence-electron chi connectivity index (χ0n) is 11.4. The molecule has 1 amide bonds. The van der Waals surface area contributed by atoms with Crippen molar-refractivity contribution in [2.75, 3.05) is 6.61 Å². The quantitative estimate of drug-likeness (QED) is 0.825. The van der Waals surface area contributed by atoms with Crippen LogP contribution in [-0.2, 0) is 4.79 Å². The summed E-state index contributed by atoms with van der Waals surface area (Å²) in [6.07, 6.45) is 0.305. The van der Waals surface area contributed by atoms with Crippen molar-refractivity contribution < 1.29 is 19.4 Å². The number of hydrogen-bond acceptors (Lipinski definition) is 3. The van der Waals surface area contributed by atoms with Gasteiger partial charge in [-0.1, -0.05) is 13.0 Å². The van der Waals surface area contributed by atoms with E-state index in [1.54, 1.807) is 31.2 Å². The standard InChI is InChI=1S/C14H19NO4/c1-4-14(3,13(17)18)15-12(16)10-7-6-8-11(9-10)19-5-2/h6-9H,4-5H2,1-3H3,(H,15,16)(H,17,18). The first-order valence-corrected chi connectivity index (χ1v) is 6.21. The van der Waals surface area contributed by atoms with Crippen LogP contribution in [0.25, 0.3) is 0 Å². The Morgan fingerprint density at radius 1 is 1.37 bits per heavy atom. The number of ether oxygens (including phenoxy) is 1. The lowest BCUT2D eigenvalue weighted by Crippen LogP contribution is -2.51. The molecule has 1 aromatic carbocycles. The lowest BCUT2D eigenvalue weighted by Gasteiger charge is -2.24. The third kappa shape index (κ3) is 3.71. The van der Waals surface area contributed by atoms with E-state index in [1.165, 1.54) is 6.92 Å². The molecule has 0 heterocycles. The molecule has 5 heteroatoms. The number of amides is 1. The number of aliphatic carboxylic acids is 1.